The summed E-state index contributed by atoms with van der Waals surface area (Å²) in [6.07, 6.45) is 1.99. The van der Waals surface area contributed by atoms with Gasteiger partial charge >= 0.3 is 0 Å². The summed E-state index contributed by atoms with van der Waals surface area (Å²) >= 11 is 2.14. The van der Waals surface area contributed by atoms with E-state index in [2.05, 4.69) is 27.9 Å². The van der Waals surface area contributed by atoms with Crippen molar-refractivity contribution in [3.8, 4) is 5.75 Å². The van der Waals surface area contributed by atoms with Gasteiger partial charge in [0.2, 0.25) is 11.8 Å². The van der Waals surface area contributed by atoms with Crippen LogP contribution in [0.1, 0.15) is 38.2 Å². The summed E-state index contributed by atoms with van der Waals surface area (Å²) in [7, 11) is 0. The molecule has 0 aliphatic heterocycles. The second kappa shape index (κ2) is 14.4. The number of nitrogens with one attached hydrogen (secondary N) is 1. The van der Waals surface area contributed by atoms with Crippen LogP contribution in [0.5, 0.6) is 5.75 Å². The van der Waals surface area contributed by atoms with E-state index in [1.165, 1.54) is 12.1 Å². The molecule has 0 bridgehead atoms. The summed E-state index contributed by atoms with van der Waals surface area (Å²) in [5.74, 6) is -0.306. The molecule has 9 heteroatoms. The number of ether oxygens (including phenoxy) is 1. The third kappa shape index (κ3) is 8.24. The Bertz CT molecular complexity index is 1100. The molecule has 7 nitrogen and oxygen atoms in total. The Balaban J connectivity index is 1.92. The number of aliphatic hydroxyl groups excluding tert-OH is 2. The fourth-order valence-electron chi connectivity index (χ4n) is 4.36. The van der Waals surface area contributed by atoms with E-state index in [1.54, 1.807) is 29.2 Å². The Morgan fingerprint density at radius 3 is 2.70 bits per heavy atom. The zero-order valence-electron chi connectivity index (χ0n) is 20.9. The molecule has 0 aromatic heterocycles. The lowest BCUT2D eigenvalue weighted by Gasteiger charge is -2.40. The van der Waals surface area contributed by atoms with E-state index in [0.717, 1.165) is 15.6 Å². The first-order valence-corrected chi connectivity index (χ1v) is 13.6. The van der Waals surface area contributed by atoms with Crippen LogP contribution in [0.2, 0.25) is 0 Å². The molecule has 0 saturated heterocycles. The van der Waals surface area contributed by atoms with Crippen LogP contribution in [0.4, 0.5) is 4.39 Å². The molecular weight excluding hydrogens is 590 g/mol. The average Bonchev–Trinajstić information content (AvgIpc) is 2.89. The van der Waals surface area contributed by atoms with Crippen LogP contribution in [0, 0.1) is 9.39 Å². The molecule has 0 heterocycles. The molecule has 3 rings (SSSR count). The summed E-state index contributed by atoms with van der Waals surface area (Å²) in [5.41, 5.74) is 1.11. The van der Waals surface area contributed by atoms with Gasteiger partial charge in [-0.2, -0.15) is 0 Å². The fraction of sp³-hybridized carbons (Fsp3) is 0.429. The third-order valence-corrected chi connectivity index (χ3v) is 7.20. The number of halogens is 2. The number of para-hydroxylation sites is 1. The first-order chi connectivity index (χ1) is 17.8. The zero-order chi connectivity index (χ0) is 26.8. The molecule has 1 aliphatic carbocycles. The largest absolute Gasteiger partial charge is 0.482 e. The van der Waals surface area contributed by atoms with Crippen molar-refractivity contribution in [2.24, 2.45) is 0 Å². The minimum atomic E-state index is -1.09. The van der Waals surface area contributed by atoms with Crippen molar-refractivity contribution in [2.45, 2.75) is 57.3 Å². The Morgan fingerprint density at radius 1 is 1.22 bits per heavy atom. The van der Waals surface area contributed by atoms with E-state index < -0.39 is 18.2 Å². The molecular formula is C28H34FIN2O5. The molecule has 200 valence electrons. The van der Waals surface area contributed by atoms with Gasteiger partial charge in [-0.25, -0.2) is 4.39 Å². The molecule has 0 radical (unpaired) electrons. The van der Waals surface area contributed by atoms with Gasteiger partial charge in [0.1, 0.15) is 23.8 Å². The van der Waals surface area contributed by atoms with Gasteiger partial charge in [0.15, 0.2) is 0 Å². The second-order valence-corrected chi connectivity index (χ2v) is 10.2. The second-order valence-electron chi connectivity index (χ2n) is 9.02. The molecule has 0 fully saturated rings. The molecule has 0 saturated carbocycles. The average molecular weight is 624 g/mol. The predicted molar refractivity (Wildman–Crippen MR) is 148 cm³/mol. The predicted octanol–water partition coefficient (Wildman–Crippen LogP) is 3.61. The number of hydrogen-bond acceptors (Lipinski definition) is 5. The van der Waals surface area contributed by atoms with E-state index >= 15 is 0 Å². The number of nitrogens with zero attached hydrogens (tertiary/aromatic N) is 1. The van der Waals surface area contributed by atoms with Crippen molar-refractivity contribution in [3.63, 3.8) is 0 Å². The Labute approximate surface area is 230 Å². The van der Waals surface area contributed by atoms with Crippen LogP contribution in [0.15, 0.2) is 60.2 Å². The molecule has 0 unspecified atom stereocenters. The van der Waals surface area contributed by atoms with Crippen molar-refractivity contribution >= 4 is 34.4 Å². The van der Waals surface area contributed by atoms with Crippen LogP contribution in [-0.4, -0.2) is 64.9 Å². The summed E-state index contributed by atoms with van der Waals surface area (Å²) in [4.78, 5) is 27.8. The molecule has 2 aromatic rings. The normalized spacial score (nSPS) is 19.2. The lowest BCUT2D eigenvalue weighted by Crippen LogP contribution is -2.55. The highest BCUT2D eigenvalue weighted by atomic mass is 127. The minimum absolute atomic E-state index is 0.0875. The lowest BCUT2D eigenvalue weighted by atomic mass is 9.87. The van der Waals surface area contributed by atoms with Gasteiger partial charge in [0.25, 0.3) is 0 Å². The number of carbonyl (C=O) groups is 2. The monoisotopic (exact) mass is 624 g/mol. The SMILES string of the molecule is CCCCC(=O)N(CCc1cccc(F)c1)[C@@H]1CC(C(=O)NCCO)=C[C@H](Oc2ccccc2I)[C@H]1O. The number of rotatable bonds is 12. The van der Waals surface area contributed by atoms with Crippen LogP contribution in [-0.2, 0) is 16.0 Å². The summed E-state index contributed by atoms with van der Waals surface area (Å²) in [6, 6.07) is 12.9. The van der Waals surface area contributed by atoms with E-state index in [9.17, 15) is 19.1 Å². The maximum absolute atomic E-state index is 13.8. The van der Waals surface area contributed by atoms with Crippen molar-refractivity contribution in [1.29, 1.82) is 0 Å². The first-order valence-electron chi connectivity index (χ1n) is 12.6. The van der Waals surface area contributed by atoms with Crippen LogP contribution < -0.4 is 10.1 Å². The quantitative estimate of drug-likeness (QED) is 0.314. The minimum Gasteiger partial charge on any atom is -0.482 e. The van der Waals surface area contributed by atoms with Gasteiger partial charge < -0.3 is 25.2 Å². The molecule has 1 aliphatic rings. The van der Waals surface area contributed by atoms with Gasteiger partial charge in [0.05, 0.1) is 16.2 Å². The number of amides is 2. The Hall–Kier alpha value is -2.50. The summed E-state index contributed by atoms with van der Waals surface area (Å²) in [5, 5.41) is 23.3. The highest BCUT2D eigenvalue weighted by molar-refractivity contribution is 14.1. The van der Waals surface area contributed by atoms with Gasteiger partial charge in [-0.3, -0.25) is 9.59 Å². The number of hydrogen-bond donors (Lipinski definition) is 3. The first kappa shape index (κ1) is 29.1. The number of carbonyl (C=O) groups excluding carboxylic acids is 2. The number of unbranched alkanes of at least 4 members (excludes halogenated alkanes) is 1. The van der Waals surface area contributed by atoms with Gasteiger partial charge in [-0.15, -0.1) is 0 Å². The highest BCUT2D eigenvalue weighted by Crippen LogP contribution is 2.30. The third-order valence-electron chi connectivity index (χ3n) is 6.31. The van der Waals surface area contributed by atoms with E-state index in [1.807, 2.05) is 25.1 Å². The van der Waals surface area contributed by atoms with E-state index in [0.29, 0.717) is 30.6 Å². The highest BCUT2D eigenvalue weighted by Gasteiger charge is 2.40. The molecule has 37 heavy (non-hydrogen) atoms. The molecule has 3 atom stereocenters. The van der Waals surface area contributed by atoms with Crippen LogP contribution in [0.25, 0.3) is 0 Å². The standard InChI is InChI=1S/C28H34FIN2O5/c1-2-3-11-26(34)32(14-12-19-7-6-8-21(29)16-19)23-17-20(28(36)31-13-15-33)18-25(27(23)35)37-24-10-5-4-9-22(24)30/h4-10,16,18,23,25,27,33,35H,2-3,11-15,17H2,1H3,(H,31,36)/t23-,25+,27+/m1/s1. The fourth-order valence-corrected chi connectivity index (χ4v) is 4.87. The zero-order valence-corrected chi connectivity index (χ0v) is 23.1. The number of benzene rings is 2. The molecule has 2 aromatic carbocycles. The lowest BCUT2D eigenvalue weighted by molar-refractivity contribution is -0.138. The smallest absolute Gasteiger partial charge is 0.247 e. The molecule has 3 N–H and O–H groups in total. The van der Waals surface area contributed by atoms with Crippen molar-refractivity contribution < 1.29 is 28.9 Å². The van der Waals surface area contributed by atoms with Gasteiger partial charge in [0, 0.05) is 31.5 Å². The maximum Gasteiger partial charge on any atom is 0.247 e. The topological polar surface area (TPSA) is 99.1 Å². The van der Waals surface area contributed by atoms with Crippen LogP contribution in [0.3, 0.4) is 0 Å². The Kier molecular flexibility index (Phi) is 11.3. The molecule has 2 amide bonds. The Morgan fingerprint density at radius 2 is 2.00 bits per heavy atom. The summed E-state index contributed by atoms with van der Waals surface area (Å²) < 4.78 is 20.8. The van der Waals surface area contributed by atoms with E-state index in [-0.39, 0.29) is 43.7 Å². The number of aliphatic hydroxyl groups is 2. The van der Waals surface area contributed by atoms with Crippen molar-refractivity contribution in [2.75, 3.05) is 19.7 Å². The van der Waals surface area contributed by atoms with Crippen molar-refractivity contribution in [1.82, 2.24) is 10.2 Å². The van der Waals surface area contributed by atoms with Gasteiger partial charge in [-0.1, -0.05) is 37.6 Å². The van der Waals surface area contributed by atoms with Gasteiger partial charge in [-0.05, 0) is 71.3 Å². The van der Waals surface area contributed by atoms with E-state index in [4.69, 9.17) is 9.84 Å². The van der Waals surface area contributed by atoms with Crippen LogP contribution >= 0.6 is 22.6 Å². The molecule has 0 spiro atoms. The maximum atomic E-state index is 13.8. The van der Waals surface area contributed by atoms with Crippen molar-refractivity contribution in [3.05, 3.63) is 75.1 Å². The summed E-state index contributed by atoms with van der Waals surface area (Å²) in [6.45, 7) is 2.14.